The first-order valence-corrected chi connectivity index (χ1v) is 10.9. The Hall–Kier alpha value is -1.80. The molecule has 0 bridgehead atoms. The summed E-state index contributed by atoms with van der Waals surface area (Å²) in [6.07, 6.45) is 3.42. The van der Waals surface area contributed by atoms with E-state index in [4.69, 9.17) is 0 Å². The molecule has 1 aliphatic rings. The zero-order valence-corrected chi connectivity index (χ0v) is 14.0. The van der Waals surface area contributed by atoms with Crippen LogP contribution >= 0.6 is 0 Å². The third kappa shape index (κ3) is 4.33. The normalized spacial score (nSPS) is 15.3. The van der Waals surface area contributed by atoms with E-state index < -0.39 is 8.07 Å². The molecule has 1 saturated heterocycles. The van der Waals surface area contributed by atoms with Gasteiger partial charge in [-0.3, -0.25) is 10.1 Å². The molecular weight excluding hydrogens is 280 g/mol. The highest BCUT2D eigenvalue weighted by molar-refractivity contribution is 6.83. The molecule has 2 rings (SSSR count). The summed E-state index contributed by atoms with van der Waals surface area (Å²) in [4.78, 5) is 13.2. The van der Waals surface area contributed by atoms with Crippen LogP contribution in [0.1, 0.15) is 24.8 Å². The van der Waals surface area contributed by atoms with Crippen molar-refractivity contribution in [2.45, 2.75) is 38.9 Å². The highest BCUT2D eigenvalue weighted by atomic mass is 28.3. The second-order valence-electron chi connectivity index (χ2n) is 6.51. The van der Waals surface area contributed by atoms with Crippen LogP contribution in [0.5, 0.6) is 0 Å². The highest BCUT2D eigenvalue weighted by Gasteiger charge is 2.21. The molecule has 0 spiro atoms. The van der Waals surface area contributed by atoms with Crippen molar-refractivity contribution in [1.82, 2.24) is 0 Å². The van der Waals surface area contributed by atoms with Crippen LogP contribution in [0.4, 0.5) is 11.4 Å². The molecule has 1 aromatic rings. The predicted octanol–water partition coefficient (Wildman–Crippen LogP) is 3.81. The molecule has 112 valence electrons. The molecular formula is C16H22N2O2Si. The third-order valence-corrected chi connectivity index (χ3v) is 4.33. The number of piperidine rings is 1. The number of nitro groups is 1. The molecule has 0 aromatic heterocycles. The SMILES string of the molecule is C[Si](C)(C)C#Cc1ccc(N2CCCCC2)c([N+](=O)[O-])c1. The van der Waals surface area contributed by atoms with Crippen molar-refractivity contribution >= 4 is 19.4 Å². The van der Waals surface area contributed by atoms with E-state index in [1.54, 1.807) is 6.07 Å². The molecule has 0 aliphatic carbocycles. The Morgan fingerprint density at radius 3 is 2.43 bits per heavy atom. The zero-order valence-electron chi connectivity index (χ0n) is 13.0. The molecule has 0 saturated carbocycles. The van der Waals surface area contributed by atoms with Gasteiger partial charge in [0.1, 0.15) is 13.8 Å². The monoisotopic (exact) mass is 302 g/mol. The molecule has 4 nitrogen and oxygen atoms in total. The van der Waals surface area contributed by atoms with Crippen molar-refractivity contribution in [3.8, 4) is 11.5 Å². The Morgan fingerprint density at radius 2 is 1.86 bits per heavy atom. The Bertz CT molecular complexity index is 591. The van der Waals surface area contributed by atoms with Gasteiger partial charge in [-0.25, -0.2) is 0 Å². The van der Waals surface area contributed by atoms with Gasteiger partial charge < -0.3 is 4.90 Å². The van der Waals surface area contributed by atoms with Gasteiger partial charge in [-0.15, -0.1) is 5.54 Å². The lowest BCUT2D eigenvalue weighted by Gasteiger charge is -2.28. The smallest absolute Gasteiger partial charge is 0.293 e. The van der Waals surface area contributed by atoms with Crippen LogP contribution in [0.25, 0.3) is 0 Å². The van der Waals surface area contributed by atoms with Crippen molar-refractivity contribution < 1.29 is 4.92 Å². The lowest BCUT2D eigenvalue weighted by atomic mass is 10.1. The molecule has 0 atom stereocenters. The van der Waals surface area contributed by atoms with Gasteiger partial charge in [0.2, 0.25) is 0 Å². The van der Waals surface area contributed by atoms with Crippen molar-refractivity contribution in [2.75, 3.05) is 18.0 Å². The van der Waals surface area contributed by atoms with Gasteiger partial charge in [0.15, 0.2) is 0 Å². The fourth-order valence-corrected chi connectivity index (χ4v) is 2.93. The summed E-state index contributed by atoms with van der Waals surface area (Å²) in [7, 11) is -1.47. The summed E-state index contributed by atoms with van der Waals surface area (Å²) in [6, 6.07) is 5.39. The number of anilines is 1. The Labute approximate surface area is 127 Å². The fourth-order valence-electron chi connectivity index (χ4n) is 2.41. The third-order valence-electron chi connectivity index (χ3n) is 3.45. The number of hydrogen-bond donors (Lipinski definition) is 0. The average Bonchev–Trinajstić information content (AvgIpc) is 2.45. The lowest BCUT2D eigenvalue weighted by Crippen LogP contribution is -2.29. The average molecular weight is 302 g/mol. The first kappa shape index (κ1) is 15.6. The molecule has 21 heavy (non-hydrogen) atoms. The van der Waals surface area contributed by atoms with Gasteiger partial charge in [-0.05, 0) is 31.4 Å². The van der Waals surface area contributed by atoms with E-state index in [9.17, 15) is 10.1 Å². The number of rotatable bonds is 2. The van der Waals surface area contributed by atoms with Crippen LogP contribution in [0.3, 0.4) is 0 Å². The fraction of sp³-hybridized carbons (Fsp3) is 0.500. The topological polar surface area (TPSA) is 46.4 Å². The largest absolute Gasteiger partial charge is 0.366 e. The minimum Gasteiger partial charge on any atom is -0.366 e. The molecule has 5 heteroatoms. The number of nitrogens with zero attached hydrogens (tertiary/aromatic N) is 2. The Balaban J connectivity index is 2.34. The summed E-state index contributed by atoms with van der Waals surface area (Å²) < 4.78 is 0. The van der Waals surface area contributed by atoms with Crippen LogP contribution < -0.4 is 4.90 Å². The van der Waals surface area contributed by atoms with E-state index in [1.807, 2.05) is 12.1 Å². The standard InChI is InChI=1S/C16H22N2O2Si/c1-21(2,3)12-9-14-7-8-15(16(13-14)18(19)20)17-10-5-4-6-11-17/h7-8,13H,4-6,10-11H2,1-3H3. The van der Waals surface area contributed by atoms with E-state index in [-0.39, 0.29) is 10.6 Å². The maximum atomic E-state index is 11.4. The van der Waals surface area contributed by atoms with Crippen LogP contribution in [0.2, 0.25) is 19.6 Å². The quantitative estimate of drug-likeness (QED) is 0.361. The first-order valence-electron chi connectivity index (χ1n) is 7.43. The van der Waals surface area contributed by atoms with Gasteiger partial charge >= 0.3 is 0 Å². The summed E-state index contributed by atoms with van der Waals surface area (Å²) in [6.45, 7) is 8.30. The van der Waals surface area contributed by atoms with Crippen molar-refractivity contribution in [3.05, 3.63) is 33.9 Å². The van der Waals surface area contributed by atoms with E-state index >= 15 is 0 Å². The lowest BCUT2D eigenvalue weighted by molar-refractivity contribution is -0.384. The van der Waals surface area contributed by atoms with Crippen LogP contribution in [0.15, 0.2) is 18.2 Å². The van der Waals surface area contributed by atoms with Crippen LogP contribution in [-0.2, 0) is 0 Å². The van der Waals surface area contributed by atoms with Gasteiger partial charge in [-0.1, -0.05) is 25.6 Å². The molecule has 1 aliphatic heterocycles. The number of benzene rings is 1. The minimum atomic E-state index is -1.47. The molecule has 1 heterocycles. The second kappa shape index (κ2) is 6.31. The van der Waals surface area contributed by atoms with Crippen molar-refractivity contribution in [1.29, 1.82) is 0 Å². The van der Waals surface area contributed by atoms with E-state index in [1.165, 1.54) is 6.42 Å². The number of nitro benzene ring substituents is 1. The first-order chi connectivity index (χ1) is 9.87. The molecule has 1 aromatic carbocycles. The van der Waals surface area contributed by atoms with E-state index in [2.05, 4.69) is 36.0 Å². The zero-order chi connectivity index (χ0) is 15.5. The number of hydrogen-bond acceptors (Lipinski definition) is 3. The molecule has 0 N–H and O–H groups in total. The maximum absolute atomic E-state index is 11.4. The molecule has 0 amide bonds. The van der Waals surface area contributed by atoms with Gasteiger partial charge in [0, 0.05) is 24.7 Å². The van der Waals surface area contributed by atoms with Crippen molar-refractivity contribution in [3.63, 3.8) is 0 Å². The summed E-state index contributed by atoms with van der Waals surface area (Å²) in [5, 5.41) is 11.4. The second-order valence-corrected chi connectivity index (χ2v) is 11.3. The summed E-state index contributed by atoms with van der Waals surface area (Å²) in [5.74, 6) is 3.10. The molecule has 0 unspecified atom stereocenters. The Morgan fingerprint density at radius 1 is 1.19 bits per heavy atom. The maximum Gasteiger partial charge on any atom is 0.293 e. The minimum absolute atomic E-state index is 0.180. The van der Waals surface area contributed by atoms with Gasteiger partial charge in [-0.2, -0.15) is 0 Å². The van der Waals surface area contributed by atoms with Crippen LogP contribution in [0, 0.1) is 21.6 Å². The van der Waals surface area contributed by atoms with Gasteiger partial charge in [0.25, 0.3) is 5.69 Å². The summed E-state index contributed by atoms with van der Waals surface area (Å²) >= 11 is 0. The van der Waals surface area contributed by atoms with Crippen LogP contribution in [-0.4, -0.2) is 26.1 Å². The van der Waals surface area contributed by atoms with E-state index in [0.29, 0.717) is 0 Å². The highest BCUT2D eigenvalue weighted by Crippen LogP contribution is 2.31. The Kier molecular flexibility index (Phi) is 4.68. The predicted molar refractivity (Wildman–Crippen MR) is 89.4 cm³/mol. The summed E-state index contributed by atoms with van der Waals surface area (Å²) in [5.41, 5.74) is 4.91. The van der Waals surface area contributed by atoms with Gasteiger partial charge in [0.05, 0.1) is 4.92 Å². The van der Waals surface area contributed by atoms with E-state index in [0.717, 1.165) is 37.2 Å². The van der Waals surface area contributed by atoms with Crippen molar-refractivity contribution in [2.24, 2.45) is 0 Å². The molecule has 0 radical (unpaired) electrons. The molecule has 1 fully saturated rings.